The summed E-state index contributed by atoms with van der Waals surface area (Å²) < 4.78 is 28.4. The van der Waals surface area contributed by atoms with E-state index in [-0.39, 0.29) is 23.3 Å². The summed E-state index contributed by atoms with van der Waals surface area (Å²) in [5, 5.41) is 16.6. The van der Waals surface area contributed by atoms with Gasteiger partial charge in [-0.15, -0.1) is 0 Å². The monoisotopic (exact) mass is 553 g/mol. The molecule has 0 aromatic heterocycles. The quantitative estimate of drug-likeness (QED) is 0.278. The lowest BCUT2D eigenvalue weighted by Gasteiger charge is -2.63. The second-order valence-electron chi connectivity index (χ2n) is 14.4. The van der Waals surface area contributed by atoms with Crippen LogP contribution >= 0.6 is 0 Å². The van der Waals surface area contributed by atoms with Gasteiger partial charge in [0.1, 0.15) is 0 Å². The van der Waals surface area contributed by atoms with Crippen molar-refractivity contribution in [3.05, 3.63) is 0 Å². The highest BCUT2D eigenvalue weighted by atomic mass is 32.2. The minimum absolute atomic E-state index is 0.00660. The van der Waals surface area contributed by atoms with Crippen LogP contribution in [0, 0.1) is 46.3 Å². The third-order valence-corrected chi connectivity index (χ3v) is 12.5. The van der Waals surface area contributed by atoms with E-state index in [1.807, 2.05) is 0 Å². The number of carbonyl (C=O) groups is 1. The highest BCUT2D eigenvalue weighted by molar-refractivity contribution is 7.88. The average molecular weight is 554 g/mol. The van der Waals surface area contributed by atoms with E-state index in [0.717, 1.165) is 45.2 Å². The van der Waals surface area contributed by atoms with Crippen LogP contribution in [0.1, 0.15) is 98.8 Å². The first-order valence-corrected chi connectivity index (χ1v) is 17.3. The summed E-state index contributed by atoms with van der Waals surface area (Å²) >= 11 is 0. The lowest BCUT2D eigenvalue weighted by molar-refractivity contribution is -0.138. The number of hydrogen-bond acceptors (Lipinski definition) is 5. The number of hydrogen-bond donors (Lipinski definition) is 4. The molecule has 8 heteroatoms. The van der Waals surface area contributed by atoms with Gasteiger partial charge in [0.05, 0.1) is 6.26 Å². The van der Waals surface area contributed by atoms with Crippen molar-refractivity contribution in [3.63, 3.8) is 0 Å². The Bertz CT molecular complexity index is 942. The van der Waals surface area contributed by atoms with Crippen molar-refractivity contribution in [3.8, 4) is 0 Å². The van der Waals surface area contributed by atoms with Crippen molar-refractivity contribution in [1.82, 2.24) is 15.4 Å². The van der Waals surface area contributed by atoms with Gasteiger partial charge in [0.2, 0.25) is 10.0 Å². The number of carboxylic acid groups (broad SMARTS) is 1. The lowest BCUT2D eigenvalue weighted by atomic mass is 9.43. The zero-order chi connectivity index (χ0) is 27.9. The van der Waals surface area contributed by atoms with Gasteiger partial charge in [-0.3, -0.25) is 4.79 Å². The molecule has 0 saturated heterocycles. The van der Waals surface area contributed by atoms with Crippen LogP contribution in [0.4, 0.5) is 0 Å². The van der Waals surface area contributed by atoms with E-state index in [0.29, 0.717) is 47.6 Å². The van der Waals surface area contributed by atoms with Crippen molar-refractivity contribution in [1.29, 1.82) is 0 Å². The van der Waals surface area contributed by atoms with Crippen LogP contribution in [0.3, 0.4) is 0 Å². The van der Waals surface area contributed by atoms with Gasteiger partial charge >= 0.3 is 5.97 Å². The van der Waals surface area contributed by atoms with Gasteiger partial charge in [-0.1, -0.05) is 34.6 Å². The van der Waals surface area contributed by atoms with Gasteiger partial charge in [-0.25, -0.2) is 13.1 Å². The highest BCUT2D eigenvalue weighted by Gasteiger charge is 2.63. The number of rotatable bonds is 11. The predicted octanol–water partition coefficient (Wildman–Crippen LogP) is 4.63. The Labute approximate surface area is 232 Å². The fourth-order valence-electron chi connectivity index (χ4n) is 10.0. The summed E-state index contributed by atoms with van der Waals surface area (Å²) in [7, 11) is -3.31. The van der Waals surface area contributed by atoms with Gasteiger partial charge in [-0.2, -0.15) is 0 Å². The summed E-state index contributed by atoms with van der Waals surface area (Å²) in [4.78, 5) is 11.3. The van der Waals surface area contributed by atoms with Gasteiger partial charge < -0.3 is 15.7 Å². The molecule has 0 heterocycles. The van der Waals surface area contributed by atoms with Gasteiger partial charge in [-0.05, 0) is 104 Å². The SMILES string of the molecule is CC(C)NCCN[C@@H]1CC[C@]2(C)C3CC[C@@]4(C)C(CC[C@@H]4C(C)CCC(=O)O)C3[C@@H](NS(C)(=O)=O)C[C@@H]2C1. The summed E-state index contributed by atoms with van der Waals surface area (Å²) in [6.07, 6.45) is 11.5. The van der Waals surface area contributed by atoms with Crippen molar-refractivity contribution in [2.24, 2.45) is 46.3 Å². The Morgan fingerprint density at radius 3 is 2.32 bits per heavy atom. The topological polar surface area (TPSA) is 108 Å². The smallest absolute Gasteiger partial charge is 0.303 e. The number of fused-ring (bicyclic) bond motifs is 5. The number of sulfonamides is 1. The van der Waals surface area contributed by atoms with E-state index >= 15 is 0 Å². The lowest BCUT2D eigenvalue weighted by Crippen LogP contribution is -2.62. The molecule has 0 radical (unpaired) electrons. The molecule has 4 aliphatic rings. The van der Waals surface area contributed by atoms with E-state index in [1.165, 1.54) is 31.9 Å². The van der Waals surface area contributed by atoms with Crippen molar-refractivity contribution in [2.45, 2.75) is 117 Å². The van der Waals surface area contributed by atoms with Crippen molar-refractivity contribution < 1.29 is 18.3 Å². The molecule has 4 unspecified atom stereocenters. The maximum Gasteiger partial charge on any atom is 0.303 e. The molecule has 4 rings (SSSR count). The van der Waals surface area contributed by atoms with E-state index in [2.05, 4.69) is 50.0 Å². The number of nitrogens with one attached hydrogen (secondary N) is 3. The maximum atomic E-state index is 12.6. The molecule has 4 N–H and O–H groups in total. The molecule has 38 heavy (non-hydrogen) atoms. The second-order valence-corrected chi connectivity index (χ2v) is 16.2. The van der Waals surface area contributed by atoms with Crippen molar-refractivity contribution in [2.75, 3.05) is 19.3 Å². The van der Waals surface area contributed by atoms with Crippen LogP contribution in [-0.4, -0.2) is 57.0 Å². The summed E-state index contributed by atoms with van der Waals surface area (Å²) in [6.45, 7) is 13.6. The normalized spacial score (nSPS) is 41.8. The van der Waals surface area contributed by atoms with E-state index in [1.54, 1.807) is 0 Å². The first-order chi connectivity index (χ1) is 17.7. The molecule has 7 nitrogen and oxygen atoms in total. The Balaban J connectivity index is 1.53. The molecular weight excluding hydrogens is 498 g/mol. The largest absolute Gasteiger partial charge is 0.481 e. The fraction of sp³-hybridized carbons (Fsp3) is 0.967. The molecule has 0 aromatic carbocycles. The number of aliphatic carboxylic acids is 1. The van der Waals surface area contributed by atoms with Gasteiger partial charge in [0.15, 0.2) is 0 Å². The van der Waals surface area contributed by atoms with Crippen LogP contribution in [-0.2, 0) is 14.8 Å². The molecular formula is C30H55N3O4S. The molecule has 4 saturated carbocycles. The van der Waals surface area contributed by atoms with Crippen LogP contribution in [0.2, 0.25) is 0 Å². The fourth-order valence-corrected chi connectivity index (χ4v) is 10.8. The summed E-state index contributed by atoms with van der Waals surface area (Å²) in [5.41, 5.74) is 0.435. The first kappa shape index (κ1) is 30.3. The van der Waals surface area contributed by atoms with Crippen LogP contribution < -0.4 is 15.4 Å². The summed E-state index contributed by atoms with van der Waals surface area (Å²) in [6, 6.07) is 1.02. The number of carboxylic acids is 1. The molecule has 0 amide bonds. The molecule has 0 aromatic rings. The Morgan fingerprint density at radius 2 is 1.66 bits per heavy atom. The Morgan fingerprint density at radius 1 is 0.974 bits per heavy atom. The second kappa shape index (κ2) is 11.7. The zero-order valence-corrected chi connectivity index (χ0v) is 25.6. The van der Waals surface area contributed by atoms with E-state index in [9.17, 15) is 18.3 Å². The molecule has 10 atom stereocenters. The highest BCUT2D eigenvalue weighted by Crippen LogP contribution is 2.68. The molecule has 0 bridgehead atoms. The first-order valence-electron chi connectivity index (χ1n) is 15.4. The van der Waals surface area contributed by atoms with Crippen molar-refractivity contribution >= 4 is 16.0 Å². The van der Waals surface area contributed by atoms with Crippen LogP contribution in [0.15, 0.2) is 0 Å². The van der Waals surface area contributed by atoms with Gasteiger partial charge in [0, 0.05) is 37.6 Å². The third-order valence-electron chi connectivity index (χ3n) is 11.8. The molecule has 0 spiro atoms. The third kappa shape index (κ3) is 6.28. The van der Waals surface area contributed by atoms with Gasteiger partial charge in [0.25, 0.3) is 0 Å². The molecule has 4 aliphatic carbocycles. The van der Waals surface area contributed by atoms with Crippen LogP contribution in [0.25, 0.3) is 0 Å². The minimum Gasteiger partial charge on any atom is -0.481 e. The predicted molar refractivity (Wildman–Crippen MR) is 153 cm³/mol. The Kier molecular flexibility index (Phi) is 9.28. The minimum atomic E-state index is -3.31. The Hall–Kier alpha value is -0.700. The average Bonchev–Trinajstić information content (AvgIpc) is 3.17. The molecule has 4 fully saturated rings. The summed E-state index contributed by atoms with van der Waals surface area (Å²) in [5.74, 6) is 2.17. The standard InChI is InChI=1S/C30H55N3O4S/c1-19(2)31-15-16-32-22-11-13-29(4)21(17-22)18-26(33-38(6,36)37)28-24-9-8-23(20(3)7-10-27(34)35)30(24,5)14-12-25(28)29/h19-26,28,31-33H,7-18H2,1-6H3,(H,34,35)/t20?,21-,22+,23+,24?,25?,26-,28?,29-,30+/m0/s1. The molecule has 0 aliphatic heterocycles. The van der Waals surface area contributed by atoms with E-state index < -0.39 is 16.0 Å². The van der Waals surface area contributed by atoms with Crippen LogP contribution in [0.5, 0.6) is 0 Å². The zero-order valence-electron chi connectivity index (χ0n) is 24.8. The van der Waals surface area contributed by atoms with E-state index in [4.69, 9.17) is 0 Å². The maximum absolute atomic E-state index is 12.6. The molecule has 220 valence electrons.